The van der Waals surface area contributed by atoms with Gasteiger partial charge in [0.2, 0.25) is 5.91 Å². The molecular formula is C25H25N3O3S. The van der Waals surface area contributed by atoms with Gasteiger partial charge in [0, 0.05) is 18.4 Å². The van der Waals surface area contributed by atoms with Gasteiger partial charge in [-0.05, 0) is 30.7 Å². The van der Waals surface area contributed by atoms with E-state index in [2.05, 4.69) is 9.82 Å². The summed E-state index contributed by atoms with van der Waals surface area (Å²) in [6.07, 6.45) is 0.834. The molecule has 1 N–H and O–H groups in total. The summed E-state index contributed by atoms with van der Waals surface area (Å²) in [7, 11) is -3.76. The second-order valence-electron chi connectivity index (χ2n) is 7.73. The van der Waals surface area contributed by atoms with Crippen molar-refractivity contribution in [3.05, 3.63) is 95.6 Å². The molecule has 7 heteroatoms. The van der Waals surface area contributed by atoms with Gasteiger partial charge in [-0.25, -0.2) is 13.4 Å². The Morgan fingerprint density at radius 3 is 2.34 bits per heavy atom. The van der Waals surface area contributed by atoms with Gasteiger partial charge in [-0.3, -0.25) is 9.52 Å². The molecule has 164 valence electrons. The van der Waals surface area contributed by atoms with Gasteiger partial charge in [0.25, 0.3) is 10.0 Å². The maximum absolute atomic E-state index is 12.9. The maximum atomic E-state index is 12.9. The lowest BCUT2D eigenvalue weighted by atomic mass is 9.97. The Bertz CT molecular complexity index is 1250. The zero-order valence-corrected chi connectivity index (χ0v) is 18.8. The van der Waals surface area contributed by atoms with Crippen molar-refractivity contribution >= 4 is 27.3 Å². The SMILES string of the molecule is CCC(=O)N1N=C(c2ccccc2NS(=O)(=O)c2ccccc2)CC1c1ccc(C)cc1. The average Bonchev–Trinajstić information content (AvgIpc) is 3.25. The largest absolute Gasteiger partial charge is 0.279 e. The molecule has 1 aliphatic rings. The normalized spacial score (nSPS) is 16.0. The summed E-state index contributed by atoms with van der Waals surface area (Å²) in [6.45, 7) is 3.83. The summed E-state index contributed by atoms with van der Waals surface area (Å²) in [4.78, 5) is 12.8. The third-order valence-corrected chi connectivity index (χ3v) is 6.85. The first-order valence-corrected chi connectivity index (χ1v) is 12.0. The molecule has 1 atom stereocenters. The van der Waals surface area contributed by atoms with Gasteiger partial charge < -0.3 is 0 Å². The molecule has 0 spiro atoms. The summed E-state index contributed by atoms with van der Waals surface area (Å²) in [5.41, 5.74) is 3.91. The smallest absolute Gasteiger partial charge is 0.261 e. The van der Waals surface area contributed by atoms with Gasteiger partial charge in [0.05, 0.1) is 22.3 Å². The number of amides is 1. The average molecular weight is 448 g/mol. The molecule has 1 unspecified atom stereocenters. The van der Waals surface area contributed by atoms with E-state index in [1.807, 2.05) is 50.2 Å². The molecule has 6 nitrogen and oxygen atoms in total. The number of para-hydroxylation sites is 1. The Hall–Kier alpha value is -3.45. The van der Waals surface area contributed by atoms with Crippen molar-refractivity contribution in [3.63, 3.8) is 0 Å². The van der Waals surface area contributed by atoms with Crippen molar-refractivity contribution in [3.8, 4) is 0 Å². The molecule has 0 aliphatic carbocycles. The Morgan fingerprint density at radius 1 is 1.00 bits per heavy atom. The molecule has 1 aliphatic heterocycles. The minimum absolute atomic E-state index is 0.0760. The molecule has 0 saturated heterocycles. The second-order valence-corrected chi connectivity index (χ2v) is 9.42. The summed E-state index contributed by atoms with van der Waals surface area (Å²) < 4.78 is 28.5. The van der Waals surface area contributed by atoms with Crippen LogP contribution in [0, 0.1) is 6.92 Å². The van der Waals surface area contributed by atoms with E-state index in [1.165, 1.54) is 5.01 Å². The Morgan fingerprint density at radius 2 is 1.66 bits per heavy atom. The van der Waals surface area contributed by atoms with Crippen LogP contribution in [0.5, 0.6) is 0 Å². The van der Waals surface area contributed by atoms with E-state index in [9.17, 15) is 13.2 Å². The first kappa shape index (κ1) is 21.8. The minimum atomic E-state index is -3.76. The topological polar surface area (TPSA) is 78.8 Å². The molecule has 0 radical (unpaired) electrons. The van der Waals surface area contributed by atoms with Crippen LogP contribution in [-0.4, -0.2) is 25.0 Å². The maximum Gasteiger partial charge on any atom is 0.261 e. The monoisotopic (exact) mass is 447 g/mol. The number of carbonyl (C=O) groups is 1. The fraction of sp³-hybridized carbons (Fsp3) is 0.200. The molecule has 32 heavy (non-hydrogen) atoms. The highest BCUT2D eigenvalue weighted by Gasteiger charge is 2.33. The van der Waals surface area contributed by atoms with Gasteiger partial charge >= 0.3 is 0 Å². The summed E-state index contributed by atoms with van der Waals surface area (Å²) in [6, 6.07) is 23.2. The van der Waals surface area contributed by atoms with Gasteiger partial charge in [0.15, 0.2) is 0 Å². The van der Waals surface area contributed by atoms with E-state index in [4.69, 9.17) is 0 Å². The first-order valence-electron chi connectivity index (χ1n) is 10.5. The molecule has 0 aromatic heterocycles. The Balaban J connectivity index is 1.69. The molecular weight excluding hydrogens is 422 g/mol. The fourth-order valence-electron chi connectivity index (χ4n) is 3.74. The van der Waals surface area contributed by atoms with Crippen molar-refractivity contribution in [2.75, 3.05) is 4.72 Å². The van der Waals surface area contributed by atoms with Crippen LogP contribution in [0.1, 0.15) is 42.5 Å². The van der Waals surface area contributed by atoms with E-state index in [-0.39, 0.29) is 16.8 Å². The van der Waals surface area contributed by atoms with Crippen LogP contribution in [-0.2, 0) is 14.8 Å². The number of nitrogens with zero attached hydrogens (tertiary/aromatic N) is 2. The lowest BCUT2D eigenvalue weighted by Gasteiger charge is -2.21. The molecule has 0 saturated carbocycles. The van der Waals surface area contributed by atoms with Crippen molar-refractivity contribution in [1.29, 1.82) is 0 Å². The Labute approximate surface area is 188 Å². The van der Waals surface area contributed by atoms with Crippen LogP contribution in [0.4, 0.5) is 5.69 Å². The first-order chi connectivity index (χ1) is 15.4. The minimum Gasteiger partial charge on any atom is -0.279 e. The van der Waals surface area contributed by atoms with E-state index >= 15 is 0 Å². The molecule has 1 heterocycles. The number of aryl methyl sites for hydroxylation is 1. The summed E-state index contributed by atoms with van der Waals surface area (Å²) in [5, 5.41) is 6.17. The van der Waals surface area contributed by atoms with Crippen molar-refractivity contribution in [2.24, 2.45) is 5.10 Å². The molecule has 1 amide bonds. The number of rotatable bonds is 6. The number of sulfonamides is 1. The van der Waals surface area contributed by atoms with Gasteiger partial charge in [-0.15, -0.1) is 0 Å². The number of hydrogen-bond donors (Lipinski definition) is 1. The number of anilines is 1. The second kappa shape index (κ2) is 8.96. The van der Waals surface area contributed by atoms with Gasteiger partial charge in [-0.1, -0.05) is 73.2 Å². The van der Waals surface area contributed by atoms with E-state index < -0.39 is 10.0 Å². The number of hydrogen-bond acceptors (Lipinski definition) is 4. The van der Waals surface area contributed by atoms with Crippen molar-refractivity contribution < 1.29 is 13.2 Å². The third kappa shape index (κ3) is 4.43. The van der Waals surface area contributed by atoms with E-state index in [0.29, 0.717) is 29.8 Å². The van der Waals surface area contributed by atoms with Crippen LogP contribution in [0.3, 0.4) is 0 Å². The Kier molecular flexibility index (Phi) is 6.10. The predicted molar refractivity (Wildman–Crippen MR) is 126 cm³/mol. The quantitative estimate of drug-likeness (QED) is 0.585. The number of hydrazone groups is 1. The number of nitrogens with one attached hydrogen (secondary N) is 1. The van der Waals surface area contributed by atoms with Gasteiger partial charge in [0.1, 0.15) is 0 Å². The van der Waals surface area contributed by atoms with E-state index in [0.717, 1.165) is 11.1 Å². The van der Waals surface area contributed by atoms with Crippen molar-refractivity contribution in [1.82, 2.24) is 5.01 Å². The number of benzene rings is 3. The van der Waals surface area contributed by atoms with Crippen LogP contribution in [0.2, 0.25) is 0 Å². The lowest BCUT2D eigenvalue weighted by molar-refractivity contribution is -0.132. The molecule has 3 aromatic carbocycles. The van der Waals surface area contributed by atoms with Crippen LogP contribution < -0.4 is 4.72 Å². The predicted octanol–water partition coefficient (Wildman–Crippen LogP) is 4.88. The van der Waals surface area contributed by atoms with E-state index in [1.54, 1.807) is 42.5 Å². The van der Waals surface area contributed by atoms with Crippen LogP contribution >= 0.6 is 0 Å². The highest BCUT2D eigenvalue weighted by atomic mass is 32.2. The molecule has 0 bridgehead atoms. The van der Waals surface area contributed by atoms with Gasteiger partial charge in [-0.2, -0.15) is 5.10 Å². The highest BCUT2D eigenvalue weighted by molar-refractivity contribution is 7.92. The standard InChI is InChI=1S/C25H25N3O3S/c1-3-25(29)28-24(19-15-13-18(2)14-16-19)17-23(26-28)21-11-7-8-12-22(21)27-32(30,31)20-9-5-4-6-10-20/h4-16,24,27H,3,17H2,1-2H3. The highest BCUT2D eigenvalue weighted by Crippen LogP contribution is 2.35. The molecule has 3 aromatic rings. The van der Waals surface area contributed by atoms with Crippen molar-refractivity contribution in [2.45, 2.75) is 37.6 Å². The summed E-state index contributed by atoms with van der Waals surface area (Å²) in [5.74, 6) is -0.0760. The zero-order valence-electron chi connectivity index (χ0n) is 18.0. The fourth-order valence-corrected chi connectivity index (χ4v) is 4.84. The van der Waals surface area contributed by atoms with Crippen LogP contribution in [0.25, 0.3) is 0 Å². The molecule has 0 fully saturated rings. The molecule has 4 rings (SSSR count). The third-order valence-electron chi connectivity index (χ3n) is 5.47. The van der Waals surface area contributed by atoms with Crippen LogP contribution in [0.15, 0.2) is 88.9 Å². The summed E-state index contributed by atoms with van der Waals surface area (Å²) >= 11 is 0. The zero-order chi connectivity index (χ0) is 22.7. The lowest BCUT2D eigenvalue weighted by Crippen LogP contribution is -2.26. The number of carbonyl (C=O) groups excluding carboxylic acids is 1.